The third kappa shape index (κ3) is 4.81. The molecule has 0 atom stereocenters. The molecule has 1 N–H and O–H groups in total. The Hall–Kier alpha value is -1.62. The van der Waals surface area contributed by atoms with E-state index in [1.165, 1.54) is 11.1 Å². The van der Waals surface area contributed by atoms with E-state index in [4.69, 9.17) is 11.6 Å². The molecular weight excluding hydrogens is 278 g/mol. The predicted octanol–water partition coefficient (Wildman–Crippen LogP) is 2.03. The van der Waals surface area contributed by atoms with Crippen molar-refractivity contribution >= 4 is 23.4 Å². The molecule has 1 rings (SSSR count). The molecule has 20 heavy (non-hydrogen) atoms. The van der Waals surface area contributed by atoms with E-state index in [0.29, 0.717) is 10.6 Å². The maximum absolute atomic E-state index is 12.2. The van der Waals surface area contributed by atoms with Gasteiger partial charge in [0.05, 0.1) is 17.1 Å². The summed E-state index contributed by atoms with van der Waals surface area (Å²) >= 11 is 6.02. The van der Waals surface area contributed by atoms with E-state index in [2.05, 4.69) is 10.3 Å². The molecular formula is C14H20ClN3O2. The van der Waals surface area contributed by atoms with Crippen molar-refractivity contribution in [3.8, 4) is 0 Å². The molecule has 0 unspecified atom stereocenters. The van der Waals surface area contributed by atoms with Crippen molar-refractivity contribution in [1.82, 2.24) is 15.2 Å². The van der Waals surface area contributed by atoms with E-state index in [-0.39, 0.29) is 23.9 Å². The zero-order valence-corrected chi connectivity index (χ0v) is 13.2. The average molecular weight is 298 g/mol. The molecule has 0 aliphatic carbocycles. The molecule has 2 amide bonds. The second-order valence-corrected chi connectivity index (χ2v) is 6.17. The first-order chi connectivity index (χ1) is 9.10. The lowest BCUT2D eigenvalue weighted by Gasteiger charge is -2.23. The Morgan fingerprint density at radius 2 is 2.00 bits per heavy atom. The van der Waals surface area contributed by atoms with E-state index < -0.39 is 0 Å². The van der Waals surface area contributed by atoms with Gasteiger partial charge in [-0.1, -0.05) is 11.6 Å². The van der Waals surface area contributed by atoms with Gasteiger partial charge in [0.15, 0.2) is 0 Å². The number of carbonyl (C=O) groups is 2. The van der Waals surface area contributed by atoms with Crippen LogP contribution in [0.2, 0.25) is 5.02 Å². The number of amides is 2. The fraction of sp³-hybridized carbons (Fsp3) is 0.500. The van der Waals surface area contributed by atoms with E-state index in [1.54, 1.807) is 20.0 Å². The van der Waals surface area contributed by atoms with Crippen molar-refractivity contribution in [3.05, 3.63) is 28.5 Å². The van der Waals surface area contributed by atoms with Crippen LogP contribution in [0.5, 0.6) is 0 Å². The van der Waals surface area contributed by atoms with Gasteiger partial charge in [-0.2, -0.15) is 0 Å². The average Bonchev–Trinajstić information content (AvgIpc) is 2.25. The smallest absolute Gasteiger partial charge is 0.257 e. The molecule has 0 saturated heterocycles. The van der Waals surface area contributed by atoms with Crippen LogP contribution in [0.4, 0.5) is 0 Å². The van der Waals surface area contributed by atoms with Gasteiger partial charge >= 0.3 is 0 Å². The molecule has 0 saturated carbocycles. The lowest BCUT2D eigenvalue weighted by Crippen LogP contribution is -2.46. The van der Waals surface area contributed by atoms with Crippen LogP contribution >= 0.6 is 11.6 Å². The third-order valence-corrected chi connectivity index (χ3v) is 2.78. The van der Waals surface area contributed by atoms with Crippen LogP contribution in [0, 0.1) is 6.92 Å². The molecule has 0 aromatic carbocycles. The molecule has 1 heterocycles. The van der Waals surface area contributed by atoms with Crippen molar-refractivity contribution in [2.24, 2.45) is 0 Å². The van der Waals surface area contributed by atoms with Gasteiger partial charge in [-0.25, -0.2) is 0 Å². The van der Waals surface area contributed by atoms with Crippen LogP contribution in [0.1, 0.15) is 36.8 Å². The first-order valence-corrected chi connectivity index (χ1v) is 6.66. The molecule has 1 aromatic heterocycles. The Balaban J connectivity index is 2.75. The summed E-state index contributed by atoms with van der Waals surface area (Å²) in [6.07, 6.45) is 1.43. The van der Waals surface area contributed by atoms with E-state index in [9.17, 15) is 9.59 Å². The van der Waals surface area contributed by atoms with Crippen LogP contribution in [0.15, 0.2) is 12.3 Å². The monoisotopic (exact) mass is 297 g/mol. The largest absolute Gasteiger partial charge is 0.350 e. The number of pyridine rings is 1. The second kappa shape index (κ2) is 6.22. The number of aromatic nitrogens is 1. The molecule has 0 aliphatic heterocycles. The minimum Gasteiger partial charge on any atom is -0.350 e. The summed E-state index contributed by atoms with van der Waals surface area (Å²) in [6, 6.07) is 1.62. The highest BCUT2D eigenvalue weighted by Crippen LogP contribution is 2.17. The van der Waals surface area contributed by atoms with E-state index in [1.807, 2.05) is 20.8 Å². The Morgan fingerprint density at radius 1 is 1.40 bits per heavy atom. The Bertz CT molecular complexity index is 524. The number of likely N-dealkylation sites (N-methyl/N-ethyl adjacent to an activating group) is 1. The summed E-state index contributed by atoms with van der Waals surface area (Å²) in [5, 5.41) is 3.14. The number of nitrogens with zero attached hydrogens (tertiary/aromatic N) is 2. The number of rotatable bonds is 3. The molecule has 0 aliphatic rings. The number of halogens is 1. The quantitative estimate of drug-likeness (QED) is 0.928. The highest BCUT2D eigenvalue weighted by Gasteiger charge is 2.20. The Kier molecular flexibility index (Phi) is 5.11. The van der Waals surface area contributed by atoms with Gasteiger partial charge in [0.2, 0.25) is 5.91 Å². The Morgan fingerprint density at radius 3 is 2.50 bits per heavy atom. The molecule has 110 valence electrons. The second-order valence-electron chi connectivity index (χ2n) is 5.76. The highest BCUT2D eigenvalue weighted by molar-refractivity contribution is 6.33. The van der Waals surface area contributed by atoms with Crippen LogP contribution in [0.3, 0.4) is 0 Å². The molecule has 0 fully saturated rings. The number of hydrogen-bond acceptors (Lipinski definition) is 3. The molecule has 6 heteroatoms. The standard InChI is InChI=1S/C14H20ClN3O2/c1-9-6-11(15)10(7-16-9)13(20)18(5)8-12(19)17-14(2,3)4/h6-7H,8H2,1-5H3,(H,17,19). The third-order valence-electron chi connectivity index (χ3n) is 2.46. The number of carbonyl (C=O) groups excluding carboxylic acids is 2. The first-order valence-electron chi connectivity index (χ1n) is 6.29. The highest BCUT2D eigenvalue weighted by atomic mass is 35.5. The minimum absolute atomic E-state index is 0.0275. The summed E-state index contributed by atoms with van der Waals surface area (Å²) in [6.45, 7) is 7.41. The van der Waals surface area contributed by atoms with Gasteiger partial charge < -0.3 is 10.2 Å². The topological polar surface area (TPSA) is 62.3 Å². The van der Waals surface area contributed by atoms with Gasteiger partial charge in [0.25, 0.3) is 5.91 Å². The SMILES string of the molecule is Cc1cc(Cl)c(C(=O)N(C)CC(=O)NC(C)(C)C)cn1. The van der Waals surface area contributed by atoms with Crippen molar-refractivity contribution in [1.29, 1.82) is 0 Å². The van der Waals surface area contributed by atoms with E-state index >= 15 is 0 Å². The zero-order chi connectivity index (χ0) is 15.5. The Labute approximate surface area is 124 Å². The van der Waals surface area contributed by atoms with Gasteiger partial charge in [-0.3, -0.25) is 14.6 Å². The van der Waals surface area contributed by atoms with Crippen molar-refractivity contribution in [2.75, 3.05) is 13.6 Å². The maximum Gasteiger partial charge on any atom is 0.257 e. The van der Waals surface area contributed by atoms with Gasteiger partial charge in [0.1, 0.15) is 0 Å². The molecule has 1 aromatic rings. The molecule has 0 spiro atoms. The summed E-state index contributed by atoms with van der Waals surface area (Å²) in [5.74, 6) is -0.545. The lowest BCUT2D eigenvalue weighted by atomic mass is 10.1. The van der Waals surface area contributed by atoms with Gasteiger partial charge in [0, 0.05) is 24.5 Å². The summed E-state index contributed by atoms with van der Waals surface area (Å²) in [5.41, 5.74) is 0.701. The predicted molar refractivity (Wildman–Crippen MR) is 78.8 cm³/mol. The maximum atomic E-state index is 12.2. The number of aryl methyl sites for hydroxylation is 1. The van der Waals surface area contributed by atoms with Crippen LogP contribution in [-0.4, -0.2) is 40.8 Å². The van der Waals surface area contributed by atoms with E-state index in [0.717, 1.165) is 5.69 Å². The number of hydrogen-bond donors (Lipinski definition) is 1. The molecule has 0 radical (unpaired) electrons. The van der Waals surface area contributed by atoms with Crippen molar-refractivity contribution in [3.63, 3.8) is 0 Å². The van der Waals surface area contributed by atoms with Crippen LogP contribution in [-0.2, 0) is 4.79 Å². The fourth-order valence-electron chi connectivity index (χ4n) is 1.63. The summed E-state index contributed by atoms with van der Waals surface area (Å²) in [7, 11) is 1.56. The van der Waals surface area contributed by atoms with Crippen molar-refractivity contribution < 1.29 is 9.59 Å². The van der Waals surface area contributed by atoms with Crippen LogP contribution < -0.4 is 5.32 Å². The van der Waals surface area contributed by atoms with Gasteiger partial charge in [-0.15, -0.1) is 0 Å². The molecule has 5 nitrogen and oxygen atoms in total. The zero-order valence-electron chi connectivity index (χ0n) is 12.5. The number of nitrogens with one attached hydrogen (secondary N) is 1. The summed E-state index contributed by atoms with van der Waals surface area (Å²) < 4.78 is 0. The summed E-state index contributed by atoms with van der Waals surface area (Å²) in [4.78, 5) is 29.4. The van der Waals surface area contributed by atoms with Crippen LogP contribution in [0.25, 0.3) is 0 Å². The fourth-order valence-corrected chi connectivity index (χ4v) is 1.92. The molecule has 0 bridgehead atoms. The lowest BCUT2D eigenvalue weighted by molar-refractivity contribution is -0.122. The normalized spacial score (nSPS) is 11.1. The van der Waals surface area contributed by atoms with Gasteiger partial charge in [-0.05, 0) is 33.8 Å². The first kappa shape index (κ1) is 16.4. The minimum atomic E-state index is -0.329. The van der Waals surface area contributed by atoms with Crippen molar-refractivity contribution in [2.45, 2.75) is 33.2 Å².